The second kappa shape index (κ2) is 5.42. The van der Waals surface area contributed by atoms with Crippen LogP contribution in [0.25, 0.3) is 0 Å². The highest BCUT2D eigenvalue weighted by atomic mass is 35.5. The number of phenols is 1. The van der Waals surface area contributed by atoms with E-state index in [1.807, 2.05) is 0 Å². The third kappa shape index (κ3) is 3.29. The molecule has 0 bridgehead atoms. The Kier molecular flexibility index (Phi) is 4.01. The van der Waals surface area contributed by atoms with Crippen molar-refractivity contribution < 1.29 is 23.0 Å². The van der Waals surface area contributed by atoms with E-state index in [9.17, 15) is 18.3 Å². The number of aromatic hydroxyl groups is 1. The minimum Gasteiger partial charge on any atom is -0.508 e. The number of ether oxygens (including phenoxy) is 1. The topological polar surface area (TPSA) is 29.5 Å². The van der Waals surface area contributed by atoms with Crippen molar-refractivity contribution in [3.8, 4) is 17.2 Å². The van der Waals surface area contributed by atoms with Gasteiger partial charge in [-0.1, -0.05) is 29.3 Å². The van der Waals surface area contributed by atoms with Crippen molar-refractivity contribution in [2.45, 2.75) is 6.18 Å². The van der Waals surface area contributed by atoms with E-state index in [1.54, 1.807) is 0 Å². The molecule has 106 valence electrons. The van der Waals surface area contributed by atoms with Crippen molar-refractivity contribution in [2.24, 2.45) is 0 Å². The summed E-state index contributed by atoms with van der Waals surface area (Å²) in [5.74, 6) is 0.0437. The van der Waals surface area contributed by atoms with Gasteiger partial charge in [-0.15, -0.1) is 0 Å². The molecule has 0 saturated heterocycles. The maximum atomic E-state index is 12.6. The van der Waals surface area contributed by atoms with Crippen LogP contribution in [0.3, 0.4) is 0 Å². The highest BCUT2D eigenvalue weighted by molar-refractivity contribution is 6.37. The van der Waals surface area contributed by atoms with Crippen LogP contribution >= 0.6 is 23.2 Å². The summed E-state index contributed by atoms with van der Waals surface area (Å²) < 4.78 is 43.0. The number of benzene rings is 2. The average molecular weight is 323 g/mol. The summed E-state index contributed by atoms with van der Waals surface area (Å²) in [6, 6.07) is 7.17. The Morgan fingerprint density at radius 2 is 1.60 bits per heavy atom. The molecule has 2 aromatic rings. The number of halogens is 5. The largest absolute Gasteiger partial charge is 0.508 e. The van der Waals surface area contributed by atoms with Gasteiger partial charge in [0.25, 0.3) is 0 Å². The summed E-state index contributed by atoms with van der Waals surface area (Å²) in [4.78, 5) is 0. The van der Waals surface area contributed by atoms with E-state index < -0.39 is 11.7 Å². The predicted molar refractivity (Wildman–Crippen MR) is 69.6 cm³/mol. The van der Waals surface area contributed by atoms with Gasteiger partial charge in [0.1, 0.15) is 11.5 Å². The smallest absolute Gasteiger partial charge is 0.416 e. The standard InChI is InChI=1S/C13H7Cl2F3O2/c14-10-4-7(13(16,17)18)5-11(15)12(10)20-9-3-1-2-8(19)6-9/h1-6,19H. The first-order valence-electron chi connectivity index (χ1n) is 5.30. The molecule has 20 heavy (non-hydrogen) atoms. The zero-order chi connectivity index (χ0) is 14.9. The van der Waals surface area contributed by atoms with Crippen LogP contribution in [0.1, 0.15) is 5.56 Å². The van der Waals surface area contributed by atoms with E-state index in [4.69, 9.17) is 27.9 Å². The van der Waals surface area contributed by atoms with E-state index in [1.165, 1.54) is 24.3 Å². The molecule has 2 rings (SSSR count). The molecule has 7 heteroatoms. The molecule has 0 aliphatic carbocycles. The Morgan fingerprint density at radius 1 is 1.00 bits per heavy atom. The van der Waals surface area contributed by atoms with Gasteiger partial charge in [-0.3, -0.25) is 0 Å². The van der Waals surface area contributed by atoms with E-state index in [0.717, 1.165) is 12.1 Å². The van der Waals surface area contributed by atoms with Crippen molar-refractivity contribution in [1.82, 2.24) is 0 Å². The van der Waals surface area contributed by atoms with Crippen LogP contribution in [-0.2, 0) is 6.18 Å². The van der Waals surface area contributed by atoms with Gasteiger partial charge in [0.15, 0.2) is 5.75 Å². The molecule has 2 aromatic carbocycles. The summed E-state index contributed by atoms with van der Waals surface area (Å²) in [5.41, 5.74) is -0.962. The van der Waals surface area contributed by atoms with Gasteiger partial charge in [0.05, 0.1) is 15.6 Å². The second-order valence-electron chi connectivity index (χ2n) is 3.87. The van der Waals surface area contributed by atoms with Crippen molar-refractivity contribution in [2.75, 3.05) is 0 Å². The summed E-state index contributed by atoms with van der Waals surface area (Å²) in [5, 5.41) is 8.75. The van der Waals surface area contributed by atoms with Crippen LogP contribution < -0.4 is 4.74 Å². The van der Waals surface area contributed by atoms with Crippen molar-refractivity contribution in [3.63, 3.8) is 0 Å². The number of hydrogen-bond acceptors (Lipinski definition) is 2. The first-order chi connectivity index (χ1) is 9.27. The Balaban J connectivity index is 2.38. The fourth-order valence-corrected chi connectivity index (χ4v) is 2.05. The Morgan fingerprint density at radius 3 is 2.10 bits per heavy atom. The minimum atomic E-state index is -4.54. The van der Waals surface area contributed by atoms with Crippen molar-refractivity contribution >= 4 is 23.2 Å². The third-order valence-corrected chi connectivity index (χ3v) is 2.92. The van der Waals surface area contributed by atoms with Crippen molar-refractivity contribution in [1.29, 1.82) is 0 Å². The maximum absolute atomic E-state index is 12.6. The van der Waals surface area contributed by atoms with E-state index >= 15 is 0 Å². The van der Waals surface area contributed by atoms with Gasteiger partial charge < -0.3 is 9.84 Å². The normalized spacial score (nSPS) is 11.4. The fraction of sp³-hybridized carbons (Fsp3) is 0.0769. The monoisotopic (exact) mass is 322 g/mol. The highest BCUT2D eigenvalue weighted by Gasteiger charge is 2.32. The molecule has 0 unspecified atom stereocenters. The zero-order valence-corrected chi connectivity index (χ0v) is 11.2. The molecule has 0 heterocycles. The number of alkyl halides is 3. The minimum absolute atomic E-state index is 0.0540. The van der Waals surface area contributed by atoms with Crippen LogP contribution in [0.2, 0.25) is 10.0 Å². The molecule has 0 aromatic heterocycles. The molecule has 0 aliphatic heterocycles. The van der Waals surface area contributed by atoms with Gasteiger partial charge in [-0.2, -0.15) is 13.2 Å². The molecular weight excluding hydrogens is 316 g/mol. The molecule has 2 nitrogen and oxygen atoms in total. The summed E-state index contributed by atoms with van der Waals surface area (Å²) in [6.07, 6.45) is -4.54. The first kappa shape index (κ1) is 14.8. The fourth-order valence-electron chi connectivity index (χ4n) is 1.49. The van der Waals surface area contributed by atoms with Gasteiger partial charge in [-0.25, -0.2) is 0 Å². The Hall–Kier alpha value is -1.59. The zero-order valence-electron chi connectivity index (χ0n) is 9.71. The molecule has 0 atom stereocenters. The molecule has 0 fully saturated rings. The maximum Gasteiger partial charge on any atom is 0.416 e. The second-order valence-corrected chi connectivity index (χ2v) is 4.68. The molecule has 0 amide bonds. The first-order valence-corrected chi connectivity index (χ1v) is 6.06. The van der Waals surface area contributed by atoms with Crippen molar-refractivity contribution in [3.05, 3.63) is 52.0 Å². The van der Waals surface area contributed by atoms with Crippen LogP contribution in [0.5, 0.6) is 17.2 Å². The Bertz CT molecular complexity index is 619. The summed E-state index contributed by atoms with van der Waals surface area (Å²) in [6.45, 7) is 0. The molecule has 1 N–H and O–H groups in total. The van der Waals surface area contributed by atoms with E-state index in [2.05, 4.69) is 0 Å². The van der Waals surface area contributed by atoms with Crippen LogP contribution in [-0.4, -0.2) is 5.11 Å². The van der Waals surface area contributed by atoms with Gasteiger partial charge in [-0.05, 0) is 24.3 Å². The number of rotatable bonds is 2. The lowest BCUT2D eigenvalue weighted by Gasteiger charge is -2.13. The van der Waals surface area contributed by atoms with Gasteiger partial charge in [0, 0.05) is 6.07 Å². The summed E-state index contributed by atoms with van der Waals surface area (Å²) >= 11 is 11.5. The van der Waals surface area contributed by atoms with Crippen LogP contribution in [0.15, 0.2) is 36.4 Å². The molecule has 0 spiro atoms. The lowest BCUT2D eigenvalue weighted by Crippen LogP contribution is -2.05. The van der Waals surface area contributed by atoms with E-state index in [0.29, 0.717) is 0 Å². The summed E-state index contributed by atoms with van der Waals surface area (Å²) in [7, 11) is 0. The highest BCUT2D eigenvalue weighted by Crippen LogP contribution is 2.41. The van der Waals surface area contributed by atoms with Gasteiger partial charge >= 0.3 is 6.18 Å². The quantitative estimate of drug-likeness (QED) is 0.789. The molecule has 0 saturated carbocycles. The Labute approximate surface area is 122 Å². The molecule has 0 aliphatic rings. The number of phenolic OH excluding ortho intramolecular Hbond substituents is 1. The third-order valence-electron chi connectivity index (χ3n) is 2.36. The average Bonchev–Trinajstić information content (AvgIpc) is 2.32. The molecule has 0 radical (unpaired) electrons. The predicted octanol–water partition coefficient (Wildman–Crippen LogP) is 5.51. The van der Waals surface area contributed by atoms with E-state index in [-0.39, 0.29) is 27.3 Å². The van der Waals surface area contributed by atoms with Crippen LogP contribution in [0.4, 0.5) is 13.2 Å². The molecular formula is C13H7Cl2F3O2. The lowest BCUT2D eigenvalue weighted by molar-refractivity contribution is -0.137. The van der Waals surface area contributed by atoms with Gasteiger partial charge in [0.2, 0.25) is 0 Å². The van der Waals surface area contributed by atoms with Crippen LogP contribution in [0, 0.1) is 0 Å². The lowest BCUT2D eigenvalue weighted by atomic mass is 10.2. The number of hydrogen-bond donors (Lipinski definition) is 1. The SMILES string of the molecule is Oc1cccc(Oc2c(Cl)cc(C(F)(F)F)cc2Cl)c1.